The Balaban J connectivity index is 1.65. The second kappa shape index (κ2) is 6.58. The third-order valence-electron chi connectivity index (χ3n) is 3.06. The first-order valence-electron chi connectivity index (χ1n) is 6.81. The number of nitrogens with one attached hydrogen (secondary N) is 2. The molecule has 1 heterocycles. The van der Waals surface area contributed by atoms with Crippen molar-refractivity contribution in [1.82, 2.24) is 5.32 Å². The highest BCUT2D eigenvalue weighted by molar-refractivity contribution is 6.30. The number of rotatable bonds is 2. The van der Waals surface area contributed by atoms with Crippen LogP contribution in [0.2, 0.25) is 5.02 Å². The highest BCUT2D eigenvalue weighted by Crippen LogP contribution is 2.30. The molecule has 1 aliphatic heterocycles. The number of amides is 3. The third kappa shape index (κ3) is 3.73. The number of carbonyl (C=O) groups excluding carboxylic acids is 2. The van der Waals surface area contributed by atoms with Crippen LogP contribution in [0.5, 0.6) is 11.5 Å². The minimum absolute atomic E-state index is 0.295. The van der Waals surface area contributed by atoms with Crippen LogP contribution in [0.25, 0.3) is 0 Å². The van der Waals surface area contributed by atoms with E-state index in [0.717, 1.165) is 0 Å². The van der Waals surface area contributed by atoms with Crippen molar-refractivity contribution in [2.24, 2.45) is 0 Å². The van der Waals surface area contributed by atoms with Crippen LogP contribution in [0, 0.1) is 6.07 Å². The third-order valence-corrected chi connectivity index (χ3v) is 3.27. The molecule has 0 unspecified atom stereocenters. The van der Waals surface area contributed by atoms with Crippen LogP contribution in [-0.2, 0) is 0 Å². The normalized spacial score (nSPS) is 12.4. The molecule has 2 aromatic rings. The summed E-state index contributed by atoms with van der Waals surface area (Å²) in [6.45, 7) is 0.891. The molecule has 1 radical (unpaired) electrons. The summed E-state index contributed by atoms with van der Waals surface area (Å²) in [6.07, 6.45) is 0. The zero-order valence-corrected chi connectivity index (χ0v) is 12.6. The van der Waals surface area contributed by atoms with Gasteiger partial charge in [-0.3, -0.25) is 10.1 Å². The lowest BCUT2D eigenvalue weighted by Crippen LogP contribution is -2.34. The predicted octanol–water partition coefficient (Wildman–Crippen LogP) is 2.87. The fraction of sp³-hybridized carbons (Fsp3) is 0.125. The first kappa shape index (κ1) is 15.2. The van der Waals surface area contributed by atoms with Crippen molar-refractivity contribution in [3.05, 3.63) is 53.1 Å². The van der Waals surface area contributed by atoms with Gasteiger partial charge >= 0.3 is 6.03 Å². The van der Waals surface area contributed by atoms with E-state index in [9.17, 15) is 9.59 Å². The van der Waals surface area contributed by atoms with Gasteiger partial charge in [-0.1, -0.05) is 17.7 Å². The summed E-state index contributed by atoms with van der Waals surface area (Å²) in [5, 5.41) is 5.11. The first-order chi connectivity index (χ1) is 11.1. The van der Waals surface area contributed by atoms with E-state index in [1.807, 2.05) is 0 Å². The number of hydrogen-bond donors (Lipinski definition) is 2. The van der Waals surface area contributed by atoms with Crippen LogP contribution in [0.1, 0.15) is 10.4 Å². The summed E-state index contributed by atoms with van der Waals surface area (Å²) in [6, 6.07) is 11.5. The molecule has 0 atom stereocenters. The van der Waals surface area contributed by atoms with Crippen molar-refractivity contribution < 1.29 is 19.1 Å². The number of carbonyl (C=O) groups is 2. The molecule has 117 valence electrons. The molecule has 3 amide bonds. The Bertz CT molecular complexity index is 763. The van der Waals surface area contributed by atoms with Crippen LogP contribution < -0.4 is 20.1 Å². The second-order valence-corrected chi connectivity index (χ2v) is 5.10. The average molecular weight is 332 g/mol. The first-order valence-corrected chi connectivity index (χ1v) is 7.19. The fourth-order valence-electron chi connectivity index (χ4n) is 2.04. The molecular formula is C16H12ClN2O4. The van der Waals surface area contributed by atoms with Crippen LogP contribution in [0.3, 0.4) is 0 Å². The van der Waals surface area contributed by atoms with E-state index in [1.165, 1.54) is 12.1 Å². The Morgan fingerprint density at radius 3 is 2.65 bits per heavy atom. The zero-order chi connectivity index (χ0) is 16.2. The SMILES string of the molecule is O=C(NC(=O)c1ccc2c(c1)OCCO2)Nc1cc[c]c(Cl)c1. The molecule has 0 saturated heterocycles. The maximum atomic E-state index is 12.1. The average Bonchev–Trinajstić information content (AvgIpc) is 2.54. The lowest BCUT2D eigenvalue weighted by molar-refractivity contribution is 0.0966. The van der Waals surface area contributed by atoms with E-state index in [-0.39, 0.29) is 0 Å². The van der Waals surface area contributed by atoms with Crippen molar-refractivity contribution in [3.63, 3.8) is 0 Å². The van der Waals surface area contributed by atoms with Crippen LogP contribution in [0.15, 0.2) is 36.4 Å². The Labute approximate surface area is 137 Å². The summed E-state index contributed by atoms with van der Waals surface area (Å²) in [7, 11) is 0. The highest BCUT2D eigenvalue weighted by Gasteiger charge is 2.16. The molecule has 2 N–H and O–H groups in total. The summed E-state index contributed by atoms with van der Waals surface area (Å²) >= 11 is 5.78. The van der Waals surface area contributed by atoms with Gasteiger partial charge in [0.05, 0.1) is 5.02 Å². The van der Waals surface area contributed by atoms with Crippen molar-refractivity contribution in [2.45, 2.75) is 0 Å². The van der Waals surface area contributed by atoms with E-state index in [1.54, 1.807) is 24.3 Å². The number of hydrogen-bond acceptors (Lipinski definition) is 4. The van der Waals surface area contributed by atoms with Gasteiger partial charge in [0.2, 0.25) is 0 Å². The number of halogens is 1. The topological polar surface area (TPSA) is 76.7 Å². The number of anilines is 1. The molecule has 0 saturated carbocycles. The molecular weight excluding hydrogens is 320 g/mol. The van der Waals surface area contributed by atoms with Crippen molar-refractivity contribution in [1.29, 1.82) is 0 Å². The number of ether oxygens (including phenoxy) is 2. The predicted molar refractivity (Wildman–Crippen MR) is 84.2 cm³/mol. The quantitative estimate of drug-likeness (QED) is 0.887. The summed E-state index contributed by atoms with van der Waals surface area (Å²) in [5.41, 5.74) is 0.755. The van der Waals surface area contributed by atoms with Gasteiger partial charge in [0.1, 0.15) is 13.2 Å². The summed E-state index contributed by atoms with van der Waals surface area (Å²) < 4.78 is 10.8. The van der Waals surface area contributed by atoms with Gasteiger partial charge in [0, 0.05) is 17.3 Å². The zero-order valence-electron chi connectivity index (χ0n) is 11.9. The van der Waals surface area contributed by atoms with Gasteiger partial charge in [-0.05, 0) is 30.3 Å². The minimum atomic E-state index is -0.660. The lowest BCUT2D eigenvalue weighted by atomic mass is 10.2. The molecule has 2 aromatic carbocycles. The minimum Gasteiger partial charge on any atom is -0.486 e. The number of benzene rings is 2. The van der Waals surface area contributed by atoms with Crippen LogP contribution in [-0.4, -0.2) is 25.2 Å². The van der Waals surface area contributed by atoms with Gasteiger partial charge in [0.15, 0.2) is 11.5 Å². The summed E-state index contributed by atoms with van der Waals surface area (Å²) in [4.78, 5) is 23.9. The fourth-order valence-corrected chi connectivity index (χ4v) is 2.22. The molecule has 0 aromatic heterocycles. The molecule has 3 rings (SSSR count). The largest absolute Gasteiger partial charge is 0.486 e. The molecule has 0 aliphatic carbocycles. The van der Waals surface area contributed by atoms with Gasteiger partial charge in [0.25, 0.3) is 5.91 Å². The van der Waals surface area contributed by atoms with Crippen molar-refractivity contribution in [3.8, 4) is 11.5 Å². The van der Waals surface area contributed by atoms with Crippen LogP contribution >= 0.6 is 11.6 Å². The van der Waals surface area contributed by atoms with Gasteiger partial charge in [-0.15, -0.1) is 0 Å². The summed E-state index contributed by atoms with van der Waals surface area (Å²) in [5.74, 6) is 0.509. The Morgan fingerprint density at radius 2 is 1.87 bits per heavy atom. The van der Waals surface area contributed by atoms with E-state index in [2.05, 4.69) is 16.7 Å². The van der Waals surface area contributed by atoms with E-state index < -0.39 is 11.9 Å². The van der Waals surface area contributed by atoms with Gasteiger partial charge < -0.3 is 14.8 Å². The Kier molecular flexibility index (Phi) is 4.34. The van der Waals surface area contributed by atoms with Crippen LogP contribution in [0.4, 0.5) is 10.5 Å². The molecule has 0 spiro atoms. The molecule has 23 heavy (non-hydrogen) atoms. The second-order valence-electron chi connectivity index (χ2n) is 4.69. The molecule has 7 heteroatoms. The monoisotopic (exact) mass is 331 g/mol. The van der Waals surface area contributed by atoms with Crippen molar-refractivity contribution >= 4 is 29.2 Å². The van der Waals surface area contributed by atoms with Gasteiger partial charge in [-0.2, -0.15) is 0 Å². The van der Waals surface area contributed by atoms with E-state index in [0.29, 0.717) is 41.0 Å². The van der Waals surface area contributed by atoms with Gasteiger partial charge in [-0.25, -0.2) is 4.79 Å². The maximum Gasteiger partial charge on any atom is 0.326 e. The van der Waals surface area contributed by atoms with Crippen molar-refractivity contribution in [2.75, 3.05) is 18.5 Å². The number of imide groups is 1. The standard InChI is InChI=1S/C16H12ClN2O4/c17-11-2-1-3-12(9-11)18-16(21)19-15(20)10-4-5-13-14(8-10)23-7-6-22-13/h1,3-5,8-9H,6-7H2,(H2,18,19,20,21). The highest BCUT2D eigenvalue weighted by atomic mass is 35.5. The number of urea groups is 1. The van der Waals surface area contributed by atoms with E-state index >= 15 is 0 Å². The smallest absolute Gasteiger partial charge is 0.326 e. The maximum absolute atomic E-state index is 12.1. The lowest BCUT2D eigenvalue weighted by Gasteiger charge is -2.18. The molecule has 1 aliphatic rings. The Hall–Kier alpha value is -2.73. The molecule has 0 fully saturated rings. The molecule has 0 bridgehead atoms. The van der Waals surface area contributed by atoms with E-state index in [4.69, 9.17) is 21.1 Å². The number of fused-ring (bicyclic) bond motifs is 1. The molecule has 6 nitrogen and oxygen atoms in total. The Morgan fingerprint density at radius 1 is 1.09 bits per heavy atom.